The standard InChI is InChI=1S/C33H36N4O5S/c1-25(41-32-4-2-3-19-40-32)33-34-15-16-37(33)24-30-22-31(42-35-30)29-13-11-27(12-14-29)6-5-26-7-9-28(10-8-26)23-36-17-20-43(38,39)21-18-36/h7-16,22,25,32H,2-4,17-21,23-24H2,1H3. The minimum Gasteiger partial charge on any atom is -0.356 e. The molecule has 0 bridgehead atoms. The first-order valence-corrected chi connectivity index (χ1v) is 16.6. The van der Waals surface area contributed by atoms with Crippen molar-refractivity contribution in [3.8, 4) is 23.2 Å². The van der Waals surface area contributed by atoms with Crippen molar-refractivity contribution in [2.24, 2.45) is 0 Å². The number of hydrogen-bond donors (Lipinski definition) is 0. The molecule has 43 heavy (non-hydrogen) atoms. The van der Waals surface area contributed by atoms with Gasteiger partial charge in [0.1, 0.15) is 17.6 Å². The fraction of sp³-hybridized carbons (Fsp3) is 0.394. The van der Waals surface area contributed by atoms with Crippen LogP contribution in [-0.4, -0.2) is 65.5 Å². The molecular weight excluding hydrogens is 564 g/mol. The summed E-state index contributed by atoms with van der Waals surface area (Å²) in [4.78, 5) is 6.70. The summed E-state index contributed by atoms with van der Waals surface area (Å²) in [5.41, 5.74) is 4.71. The van der Waals surface area contributed by atoms with Gasteiger partial charge < -0.3 is 18.6 Å². The summed E-state index contributed by atoms with van der Waals surface area (Å²) in [7, 11) is -2.86. The van der Waals surface area contributed by atoms with Crippen LogP contribution in [0.15, 0.2) is 71.5 Å². The largest absolute Gasteiger partial charge is 0.356 e. The second kappa shape index (κ2) is 13.3. The van der Waals surface area contributed by atoms with Crippen LogP contribution in [0.1, 0.15) is 60.5 Å². The summed E-state index contributed by atoms with van der Waals surface area (Å²) in [6, 6.07) is 18.0. The molecule has 0 amide bonds. The number of imidazole rings is 1. The van der Waals surface area contributed by atoms with Crippen LogP contribution in [-0.2, 0) is 32.4 Å². The van der Waals surface area contributed by atoms with Gasteiger partial charge in [-0.2, -0.15) is 0 Å². The van der Waals surface area contributed by atoms with Gasteiger partial charge >= 0.3 is 0 Å². The summed E-state index contributed by atoms with van der Waals surface area (Å²) in [6.45, 7) is 5.20. The van der Waals surface area contributed by atoms with Gasteiger partial charge in [0.15, 0.2) is 21.9 Å². The second-order valence-electron chi connectivity index (χ2n) is 11.1. The Morgan fingerprint density at radius 1 is 1.00 bits per heavy atom. The molecule has 0 saturated carbocycles. The molecule has 0 N–H and O–H groups in total. The SMILES string of the molecule is CC(OC1CCCCO1)c1nccn1Cc1cc(-c2ccc(C#Cc3ccc(CN4CCS(=O)(=O)CC4)cc3)cc2)on1. The number of sulfone groups is 1. The highest BCUT2D eigenvalue weighted by atomic mass is 32.2. The van der Waals surface area contributed by atoms with E-state index in [1.165, 1.54) is 0 Å². The maximum absolute atomic E-state index is 11.6. The van der Waals surface area contributed by atoms with E-state index in [0.717, 1.165) is 66.2 Å². The molecule has 0 aliphatic carbocycles. The van der Waals surface area contributed by atoms with Gasteiger partial charge in [-0.05, 0) is 68.1 Å². The Morgan fingerprint density at radius 2 is 1.72 bits per heavy atom. The second-order valence-corrected chi connectivity index (χ2v) is 13.4. The van der Waals surface area contributed by atoms with E-state index in [1.54, 1.807) is 6.20 Å². The summed E-state index contributed by atoms with van der Waals surface area (Å²) in [6.07, 6.45) is 6.44. The molecule has 2 saturated heterocycles. The molecule has 2 fully saturated rings. The number of rotatable bonds is 8. The van der Waals surface area contributed by atoms with Gasteiger partial charge in [-0.15, -0.1) is 0 Å². The van der Waals surface area contributed by atoms with Crippen LogP contribution in [0.5, 0.6) is 0 Å². The molecule has 0 spiro atoms. The predicted octanol–water partition coefficient (Wildman–Crippen LogP) is 4.82. The molecular formula is C33H36N4O5S. The van der Waals surface area contributed by atoms with Gasteiger partial charge in [0.05, 0.1) is 18.1 Å². The van der Waals surface area contributed by atoms with E-state index in [9.17, 15) is 8.42 Å². The zero-order valence-electron chi connectivity index (χ0n) is 24.3. The number of hydrogen-bond acceptors (Lipinski definition) is 8. The zero-order chi connectivity index (χ0) is 29.6. The van der Waals surface area contributed by atoms with Gasteiger partial charge in [0.25, 0.3) is 0 Å². The Bertz CT molecular complexity index is 1660. The molecule has 2 aliphatic heterocycles. The van der Waals surface area contributed by atoms with Crippen LogP contribution in [0.25, 0.3) is 11.3 Å². The molecule has 10 heteroatoms. The first-order valence-electron chi connectivity index (χ1n) is 14.8. The average Bonchev–Trinajstić information content (AvgIpc) is 3.69. The average molecular weight is 601 g/mol. The van der Waals surface area contributed by atoms with E-state index in [4.69, 9.17) is 14.0 Å². The lowest BCUT2D eigenvalue weighted by molar-refractivity contribution is -0.188. The van der Waals surface area contributed by atoms with Crippen molar-refractivity contribution in [3.63, 3.8) is 0 Å². The number of ether oxygens (including phenoxy) is 2. The first-order chi connectivity index (χ1) is 20.9. The fourth-order valence-corrected chi connectivity index (χ4v) is 6.62. The van der Waals surface area contributed by atoms with Gasteiger partial charge in [0, 0.05) is 61.4 Å². The molecule has 2 aromatic carbocycles. The maximum atomic E-state index is 11.6. The lowest BCUT2D eigenvalue weighted by Gasteiger charge is -2.26. The molecule has 224 valence electrons. The third-order valence-corrected chi connectivity index (χ3v) is 9.42. The van der Waals surface area contributed by atoms with E-state index < -0.39 is 9.84 Å². The lowest BCUT2D eigenvalue weighted by Crippen LogP contribution is -2.39. The number of benzene rings is 2. The summed E-state index contributed by atoms with van der Waals surface area (Å²) >= 11 is 0. The van der Waals surface area contributed by atoms with Crippen molar-refractivity contribution < 1.29 is 22.4 Å². The van der Waals surface area contributed by atoms with E-state index in [0.29, 0.717) is 25.4 Å². The van der Waals surface area contributed by atoms with Crippen LogP contribution >= 0.6 is 0 Å². The number of aromatic nitrogens is 3. The fourth-order valence-electron chi connectivity index (χ4n) is 5.34. The van der Waals surface area contributed by atoms with Gasteiger partial charge in [-0.25, -0.2) is 13.4 Å². The molecule has 2 aromatic heterocycles. The molecule has 9 nitrogen and oxygen atoms in total. The monoisotopic (exact) mass is 600 g/mol. The minimum atomic E-state index is -2.86. The van der Waals surface area contributed by atoms with Crippen molar-refractivity contribution in [1.82, 2.24) is 19.6 Å². The molecule has 2 aliphatic rings. The van der Waals surface area contributed by atoms with Crippen LogP contribution in [0.3, 0.4) is 0 Å². The van der Waals surface area contributed by atoms with E-state index in [-0.39, 0.29) is 23.9 Å². The van der Waals surface area contributed by atoms with Crippen molar-refractivity contribution in [3.05, 3.63) is 95.2 Å². The Labute approximate surface area is 252 Å². The Hall–Kier alpha value is -3.75. The predicted molar refractivity (Wildman–Crippen MR) is 163 cm³/mol. The van der Waals surface area contributed by atoms with Crippen molar-refractivity contribution >= 4 is 9.84 Å². The highest BCUT2D eigenvalue weighted by molar-refractivity contribution is 7.91. The Balaban J connectivity index is 1.03. The Kier molecular flexibility index (Phi) is 9.05. The van der Waals surface area contributed by atoms with Crippen molar-refractivity contribution in [1.29, 1.82) is 0 Å². The van der Waals surface area contributed by atoms with Crippen molar-refractivity contribution in [2.75, 3.05) is 31.2 Å². The van der Waals surface area contributed by atoms with Crippen LogP contribution in [0, 0.1) is 11.8 Å². The Morgan fingerprint density at radius 3 is 2.42 bits per heavy atom. The zero-order valence-corrected chi connectivity index (χ0v) is 25.1. The van der Waals surface area contributed by atoms with E-state index in [2.05, 4.69) is 39.0 Å². The van der Waals surface area contributed by atoms with Gasteiger partial charge in [0.2, 0.25) is 0 Å². The summed E-state index contributed by atoms with van der Waals surface area (Å²) in [5.74, 6) is 8.46. The highest BCUT2D eigenvalue weighted by Gasteiger charge is 2.22. The quantitative estimate of drug-likeness (QED) is 0.266. The van der Waals surface area contributed by atoms with Gasteiger partial charge in [-0.3, -0.25) is 4.90 Å². The molecule has 4 aromatic rings. The van der Waals surface area contributed by atoms with Crippen LogP contribution < -0.4 is 0 Å². The smallest absolute Gasteiger partial charge is 0.167 e. The highest BCUT2D eigenvalue weighted by Crippen LogP contribution is 2.25. The molecule has 0 radical (unpaired) electrons. The van der Waals surface area contributed by atoms with E-state index in [1.807, 2.05) is 60.2 Å². The van der Waals surface area contributed by atoms with Crippen LogP contribution in [0.2, 0.25) is 0 Å². The normalized spacial score (nSPS) is 19.4. The van der Waals surface area contributed by atoms with Crippen molar-refractivity contribution in [2.45, 2.75) is 51.7 Å². The first kappa shape index (κ1) is 29.3. The van der Waals surface area contributed by atoms with E-state index >= 15 is 0 Å². The molecule has 6 rings (SSSR count). The molecule has 2 atom stereocenters. The number of nitrogens with zero attached hydrogens (tertiary/aromatic N) is 4. The summed E-state index contributed by atoms with van der Waals surface area (Å²) in [5, 5.41) is 4.29. The van der Waals surface area contributed by atoms with Gasteiger partial charge in [-0.1, -0.05) is 29.1 Å². The molecule has 4 heterocycles. The van der Waals surface area contributed by atoms with Crippen LogP contribution in [0.4, 0.5) is 0 Å². The topological polar surface area (TPSA) is 99.7 Å². The lowest BCUT2D eigenvalue weighted by atomic mass is 10.1. The molecule has 2 unspecified atom stereocenters. The minimum absolute atomic E-state index is 0.179. The third kappa shape index (κ3) is 7.80. The maximum Gasteiger partial charge on any atom is 0.167 e. The summed E-state index contributed by atoms with van der Waals surface area (Å²) < 4.78 is 42.8. The third-order valence-electron chi connectivity index (χ3n) is 7.81.